The van der Waals surface area contributed by atoms with E-state index in [4.69, 9.17) is 9.84 Å². The summed E-state index contributed by atoms with van der Waals surface area (Å²) < 4.78 is 18.1. The van der Waals surface area contributed by atoms with Crippen LogP contribution in [0, 0.1) is 5.82 Å². The molecule has 0 bridgehead atoms. The molecule has 1 aromatic rings. The van der Waals surface area contributed by atoms with Gasteiger partial charge in [-0.2, -0.15) is 0 Å². The number of amides is 3. The van der Waals surface area contributed by atoms with Crippen molar-refractivity contribution < 1.29 is 28.6 Å². The predicted octanol–water partition coefficient (Wildman–Crippen LogP) is 0.157. The Morgan fingerprint density at radius 2 is 1.95 bits per heavy atom. The molecule has 1 aromatic carbocycles. The van der Waals surface area contributed by atoms with E-state index < -0.39 is 36.8 Å². The van der Waals surface area contributed by atoms with Crippen LogP contribution in [0.1, 0.15) is 0 Å². The number of carbonyl (C=O) groups is 3. The molecule has 4 N–H and O–H groups in total. The molecule has 9 heteroatoms. The molecule has 0 unspecified atom stereocenters. The molecule has 21 heavy (non-hydrogen) atoms. The second-order valence-electron chi connectivity index (χ2n) is 3.83. The Balaban J connectivity index is 2.41. The van der Waals surface area contributed by atoms with Crippen LogP contribution in [-0.4, -0.2) is 43.2 Å². The number of hydrogen-bond acceptors (Lipinski definition) is 4. The molecule has 0 atom stereocenters. The Morgan fingerprint density at radius 3 is 2.52 bits per heavy atom. The molecular weight excluding hydrogens is 285 g/mol. The zero-order valence-electron chi connectivity index (χ0n) is 11.1. The third kappa shape index (κ3) is 5.76. The molecule has 8 nitrogen and oxygen atoms in total. The summed E-state index contributed by atoms with van der Waals surface area (Å²) in [7, 11) is 1.31. The molecule has 0 aromatic heterocycles. The van der Waals surface area contributed by atoms with E-state index in [1.54, 1.807) is 0 Å². The third-order valence-corrected chi connectivity index (χ3v) is 2.26. The number of carboxylic acid groups (broad SMARTS) is 1. The number of ether oxygens (including phenoxy) is 1. The molecule has 3 amide bonds. The van der Waals surface area contributed by atoms with E-state index in [2.05, 4.69) is 16.0 Å². The minimum Gasteiger partial charge on any atom is -0.494 e. The lowest BCUT2D eigenvalue weighted by molar-refractivity contribution is -0.137. The lowest BCUT2D eigenvalue weighted by Gasteiger charge is -2.08. The third-order valence-electron chi connectivity index (χ3n) is 2.26. The number of carboxylic acids is 1. The Morgan fingerprint density at radius 1 is 1.24 bits per heavy atom. The zero-order valence-corrected chi connectivity index (χ0v) is 11.1. The largest absolute Gasteiger partial charge is 0.494 e. The number of carbonyl (C=O) groups excluding carboxylic acids is 2. The molecule has 0 saturated heterocycles. The SMILES string of the molecule is COc1ccc(NC(=O)NCC(=O)NCC(=O)O)cc1F. The second kappa shape index (κ2) is 7.68. The fraction of sp³-hybridized carbons (Fsp3) is 0.250. The Kier molecular flexibility index (Phi) is 5.93. The van der Waals surface area contributed by atoms with Gasteiger partial charge in [0.25, 0.3) is 0 Å². The number of benzene rings is 1. The highest BCUT2D eigenvalue weighted by atomic mass is 19.1. The molecule has 0 heterocycles. The normalized spacial score (nSPS) is 9.62. The molecular formula is C12H14FN3O5. The predicted molar refractivity (Wildman–Crippen MR) is 70.6 cm³/mol. The first-order valence-electron chi connectivity index (χ1n) is 5.79. The number of anilines is 1. The molecule has 0 saturated carbocycles. The van der Waals surface area contributed by atoms with Gasteiger partial charge in [-0.15, -0.1) is 0 Å². The number of rotatable bonds is 6. The van der Waals surface area contributed by atoms with E-state index in [1.165, 1.54) is 19.2 Å². The Hall–Kier alpha value is -2.84. The summed E-state index contributed by atoms with van der Waals surface area (Å²) in [6.45, 7) is -0.941. The Bertz CT molecular complexity index is 550. The van der Waals surface area contributed by atoms with E-state index in [-0.39, 0.29) is 11.4 Å². The summed E-state index contributed by atoms with van der Waals surface area (Å²) in [4.78, 5) is 32.8. The first kappa shape index (κ1) is 16.2. The number of aliphatic carboxylic acids is 1. The van der Waals surface area contributed by atoms with Crippen molar-refractivity contribution in [3.05, 3.63) is 24.0 Å². The number of methoxy groups -OCH3 is 1. The van der Waals surface area contributed by atoms with Gasteiger partial charge in [0, 0.05) is 11.8 Å². The molecule has 0 aliphatic heterocycles. The summed E-state index contributed by atoms with van der Waals surface area (Å²) in [5.41, 5.74) is 0.178. The lowest BCUT2D eigenvalue weighted by Crippen LogP contribution is -2.40. The van der Waals surface area contributed by atoms with Gasteiger partial charge in [0.05, 0.1) is 13.7 Å². The van der Waals surface area contributed by atoms with Crippen molar-refractivity contribution in [1.29, 1.82) is 0 Å². The highest BCUT2D eigenvalue weighted by Crippen LogP contribution is 2.20. The molecule has 0 aliphatic carbocycles. The lowest BCUT2D eigenvalue weighted by atomic mass is 10.3. The number of nitrogens with one attached hydrogen (secondary N) is 3. The average Bonchev–Trinajstić information content (AvgIpc) is 2.43. The topological polar surface area (TPSA) is 117 Å². The van der Waals surface area contributed by atoms with Crippen molar-refractivity contribution in [2.75, 3.05) is 25.5 Å². The maximum atomic E-state index is 13.4. The Labute approximate surface area is 119 Å². The van der Waals surface area contributed by atoms with Crippen LogP contribution in [-0.2, 0) is 9.59 Å². The maximum absolute atomic E-state index is 13.4. The van der Waals surface area contributed by atoms with Crippen LogP contribution in [0.5, 0.6) is 5.75 Å². The molecule has 114 valence electrons. The van der Waals surface area contributed by atoms with Crippen LogP contribution in [0.3, 0.4) is 0 Å². The van der Waals surface area contributed by atoms with Crippen LogP contribution in [0.2, 0.25) is 0 Å². The second-order valence-corrected chi connectivity index (χ2v) is 3.83. The minimum absolute atomic E-state index is 0.0361. The standard InChI is InChI=1S/C12H14FN3O5/c1-21-9-3-2-7(4-8(9)13)16-12(20)15-5-10(17)14-6-11(18)19/h2-4H,5-6H2,1H3,(H,14,17)(H,18,19)(H2,15,16,20). The summed E-state index contributed by atoms with van der Waals surface area (Å²) in [5, 5.41) is 14.9. The summed E-state index contributed by atoms with van der Waals surface area (Å²) in [5.74, 6) is -2.46. The van der Waals surface area contributed by atoms with Crippen molar-refractivity contribution in [1.82, 2.24) is 10.6 Å². The summed E-state index contributed by atoms with van der Waals surface area (Å²) >= 11 is 0. The summed E-state index contributed by atoms with van der Waals surface area (Å²) in [6, 6.07) is 3.09. The molecule has 0 spiro atoms. The van der Waals surface area contributed by atoms with Gasteiger partial charge in [-0.1, -0.05) is 0 Å². The number of hydrogen-bond donors (Lipinski definition) is 4. The maximum Gasteiger partial charge on any atom is 0.322 e. The quantitative estimate of drug-likeness (QED) is 0.597. The molecule has 0 aliphatic rings. The highest BCUT2D eigenvalue weighted by Gasteiger charge is 2.08. The first-order valence-corrected chi connectivity index (χ1v) is 5.79. The van der Waals surface area contributed by atoms with E-state index in [0.29, 0.717) is 0 Å². The molecule has 0 fully saturated rings. The van der Waals surface area contributed by atoms with Gasteiger partial charge >= 0.3 is 12.0 Å². The van der Waals surface area contributed by atoms with E-state index in [1.807, 2.05) is 0 Å². The van der Waals surface area contributed by atoms with Crippen molar-refractivity contribution in [3.8, 4) is 5.75 Å². The van der Waals surface area contributed by atoms with Crippen molar-refractivity contribution in [2.24, 2.45) is 0 Å². The van der Waals surface area contributed by atoms with Crippen LogP contribution < -0.4 is 20.7 Å². The monoisotopic (exact) mass is 299 g/mol. The smallest absolute Gasteiger partial charge is 0.322 e. The van der Waals surface area contributed by atoms with Gasteiger partial charge < -0.3 is 25.8 Å². The van der Waals surface area contributed by atoms with Crippen LogP contribution in [0.25, 0.3) is 0 Å². The van der Waals surface area contributed by atoms with Gasteiger partial charge in [-0.3, -0.25) is 9.59 Å². The van der Waals surface area contributed by atoms with Crippen molar-refractivity contribution in [2.45, 2.75) is 0 Å². The van der Waals surface area contributed by atoms with E-state index in [0.717, 1.165) is 6.07 Å². The average molecular weight is 299 g/mol. The summed E-state index contributed by atoms with van der Waals surface area (Å²) in [6.07, 6.45) is 0. The van der Waals surface area contributed by atoms with E-state index in [9.17, 15) is 18.8 Å². The van der Waals surface area contributed by atoms with Gasteiger partial charge in [0.2, 0.25) is 5.91 Å². The van der Waals surface area contributed by atoms with E-state index >= 15 is 0 Å². The highest BCUT2D eigenvalue weighted by molar-refractivity contribution is 5.92. The molecule has 0 radical (unpaired) electrons. The van der Waals surface area contributed by atoms with Crippen LogP contribution in [0.15, 0.2) is 18.2 Å². The number of halogens is 1. The fourth-order valence-corrected chi connectivity index (χ4v) is 1.32. The van der Waals surface area contributed by atoms with Crippen LogP contribution >= 0.6 is 0 Å². The zero-order chi connectivity index (χ0) is 15.8. The van der Waals surface area contributed by atoms with Crippen molar-refractivity contribution in [3.63, 3.8) is 0 Å². The fourth-order valence-electron chi connectivity index (χ4n) is 1.32. The molecule has 1 rings (SSSR count). The van der Waals surface area contributed by atoms with Crippen molar-refractivity contribution >= 4 is 23.6 Å². The van der Waals surface area contributed by atoms with Crippen LogP contribution in [0.4, 0.5) is 14.9 Å². The number of urea groups is 1. The van der Waals surface area contributed by atoms with Gasteiger partial charge in [0.15, 0.2) is 11.6 Å². The minimum atomic E-state index is -1.19. The first-order chi connectivity index (χ1) is 9.92. The van der Waals surface area contributed by atoms with Gasteiger partial charge in [0.1, 0.15) is 6.54 Å². The van der Waals surface area contributed by atoms with Gasteiger partial charge in [-0.25, -0.2) is 9.18 Å². The van der Waals surface area contributed by atoms with Gasteiger partial charge in [-0.05, 0) is 12.1 Å².